The number of rotatable bonds is 2. The largest absolute Gasteiger partial charge is 0.492 e. The lowest BCUT2D eigenvalue weighted by molar-refractivity contribution is 0.373. The molecular weight excluding hydrogens is 183 g/mol. The average molecular weight is 190 g/mol. The molecule has 1 aromatic carbocycles. The summed E-state index contributed by atoms with van der Waals surface area (Å²) in [6, 6.07) is 3.84. The Morgan fingerprint density at radius 3 is 2.67 bits per heavy atom. The molecule has 12 heavy (non-hydrogen) atoms. The van der Waals surface area contributed by atoms with E-state index in [0.717, 1.165) is 6.07 Å². The Kier molecular flexibility index (Phi) is 2.78. The van der Waals surface area contributed by atoms with Crippen molar-refractivity contribution in [3.05, 3.63) is 24.0 Å². The maximum absolute atomic E-state index is 12.8. The monoisotopic (exact) mass is 190 g/mol. The highest BCUT2D eigenvalue weighted by molar-refractivity contribution is 7.79. The van der Waals surface area contributed by atoms with E-state index in [9.17, 15) is 8.60 Å². The first-order valence-electron chi connectivity index (χ1n) is 3.10. The molecular formula is C7H7FO3S. The number of hydrogen-bond acceptors (Lipinski definition) is 2. The van der Waals surface area contributed by atoms with Crippen molar-refractivity contribution in [2.24, 2.45) is 0 Å². The quantitative estimate of drug-likeness (QED) is 0.717. The Bertz CT molecular complexity index is 314. The van der Waals surface area contributed by atoms with Gasteiger partial charge in [0.25, 0.3) is 0 Å². The molecule has 1 aromatic rings. The fourth-order valence-electron chi connectivity index (χ4n) is 0.825. The molecule has 0 heterocycles. The van der Waals surface area contributed by atoms with Crippen molar-refractivity contribution in [2.45, 2.75) is 4.90 Å². The highest BCUT2D eigenvalue weighted by Gasteiger charge is 2.12. The molecule has 0 aliphatic rings. The molecule has 0 amide bonds. The van der Waals surface area contributed by atoms with Gasteiger partial charge in [0.05, 0.1) is 7.11 Å². The molecule has 5 heteroatoms. The lowest BCUT2D eigenvalue weighted by atomic mass is 10.3. The van der Waals surface area contributed by atoms with Gasteiger partial charge in [0.15, 0.2) is 22.6 Å². The maximum atomic E-state index is 12.8. The van der Waals surface area contributed by atoms with Gasteiger partial charge in [-0.25, -0.2) is 8.60 Å². The van der Waals surface area contributed by atoms with Gasteiger partial charge in [-0.2, -0.15) is 0 Å². The number of halogens is 1. The first kappa shape index (κ1) is 9.15. The summed E-state index contributed by atoms with van der Waals surface area (Å²) in [4.78, 5) is -0.0579. The van der Waals surface area contributed by atoms with E-state index in [2.05, 4.69) is 4.74 Å². The summed E-state index contributed by atoms with van der Waals surface area (Å²) in [5.41, 5.74) is 0. The van der Waals surface area contributed by atoms with Gasteiger partial charge in [0.2, 0.25) is 0 Å². The molecule has 1 atom stereocenters. The summed E-state index contributed by atoms with van der Waals surface area (Å²) in [5, 5.41) is 0. The smallest absolute Gasteiger partial charge is 0.190 e. The molecule has 66 valence electrons. The highest BCUT2D eigenvalue weighted by atomic mass is 32.2. The second-order valence-electron chi connectivity index (χ2n) is 2.02. The summed E-state index contributed by atoms with van der Waals surface area (Å²) < 4.78 is 36.7. The van der Waals surface area contributed by atoms with Crippen molar-refractivity contribution in [1.82, 2.24) is 0 Å². The first-order chi connectivity index (χ1) is 5.66. The van der Waals surface area contributed by atoms with Crippen LogP contribution in [-0.4, -0.2) is 15.9 Å². The lowest BCUT2D eigenvalue weighted by Crippen LogP contribution is -1.96. The van der Waals surface area contributed by atoms with E-state index in [1.54, 1.807) is 0 Å². The van der Waals surface area contributed by atoms with Crippen molar-refractivity contribution in [3.63, 3.8) is 0 Å². The van der Waals surface area contributed by atoms with Crippen molar-refractivity contribution < 1.29 is 17.9 Å². The maximum Gasteiger partial charge on any atom is 0.190 e. The van der Waals surface area contributed by atoms with Crippen molar-refractivity contribution in [1.29, 1.82) is 0 Å². The number of benzene rings is 1. The lowest BCUT2D eigenvalue weighted by Gasteiger charge is -2.04. The Balaban J connectivity index is 3.27. The molecule has 0 saturated carbocycles. The molecule has 0 fully saturated rings. The Morgan fingerprint density at radius 1 is 1.58 bits per heavy atom. The second-order valence-corrected chi connectivity index (χ2v) is 2.96. The zero-order valence-electron chi connectivity index (χ0n) is 6.28. The normalized spacial score (nSPS) is 12.6. The van der Waals surface area contributed by atoms with Crippen molar-refractivity contribution in [3.8, 4) is 5.75 Å². The van der Waals surface area contributed by atoms with E-state index in [0.29, 0.717) is 0 Å². The minimum Gasteiger partial charge on any atom is -0.492 e. The van der Waals surface area contributed by atoms with Crippen LogP contribution < -0.4 is 4.74 Å². The summed E-state index contributed by atoms with van der Waals surface area (Å²) in [7, 11) is 1.24. The molecule has 0 spiro atoms. The third-order valence-electron chi connectivity index (χ3n) is 1.32. The molecule has 0 radical (unpaired) electrons. The predicted octanol–water partition coefficient (Wildman–Crippen LogP) is 1.41. The third-order valence-corrected chi connectivity index (χ3v) is 2.02. The van der Waals surface area contributed by atoms with Gasteiger partial charge in [0, 0.05) is 0 Å². The van der Waals surface area contributed by atoms with E-state index in [1.807, 2.05) is 0 Å². The van der Waals surface area contributed by atoms with Crippen LogP contribution in [0.1, 0.15) is 0 Å². The van der Waals surface area contributed by atoms with Gasteiger partial charge in [-0.1, -0.05) is 6.07 Å². The molecule has 0 aromatic heterocycles. The first-order valence-corrected chi connectivity index (χ1v) is 4.21. The van der Waals surface area contributed by atoms with E-state index in [-0.39, 0.29) is 10.6 Å². The zero-order valence-corrected chi connectivity index (χ0v) is 7.10. The number of ether oxygens (including phenoxy) is 1. The van der Waals surface area contributed by atoms with E-state index in [1.165, 1.54) is 19.2 Å². The van der Waals surface area contributed by atoms with Crippen LogP contribution >= 0.6 is 0 Å². The van der Waals surface area contributed by atoms with Crippen LogP contribution in [0.15, 0.2) is 23.1 Å². The molecule has 0 aliphatic heterocycles. The van der Waals surface area contributed by atoms with Crippen LogP contribution in [0.3, 0.4) is 0 Å². The molecule has 0 bridgehead atoms. The molecule has 1 N–H and O–H groups in total. The number of methoxy groups -OCH3 is 1. The van der Waals surface area contributed by atoms with Crippen LogP contribution in [-0.2, 0) is 11.1 Å². The van der Waals surface area contributed by atoms with Gasteiger partial charge in [-0.05, 0) is 12.1 Å². The average Bonchev–Trinajstić information content (AvgIpc) is 2.03. The van der Waals surface area contributed by atoms with Crippen molar-refractivity contribution in [2.75, 3.05) is 7.11 Å². The minimum absolute atomic E-state index is 0.0579. The molecule has 1 rings (SSSR count). The SMILES string of the molecule is COc1c(F)cccc1S(=O)O. The Hall–Kier alpha value is -0.940. The summed E-state index contributed by atoms with van der Waals surface area (Å²) >= 11 is -2.22. The summed E-state index contributed by atoms with van der Waals surface area (Å²) in [6.45, 7) is 0. The van der Waals surface area contributed by atoms with Gasteiger partial charge in [0.1, 0.15) is 4.90 Å². The molecule has 3 nitrogen and oxygen atoms in total. The van der Waals surface area contributed by atoms with E-state index < -0.39 is 16.9 Å². The van der Waals surface area contributed by atoms with Gasteiger partial charge < -0.3 is 9.29 Å². The van der Waals surface area contributed by atoms with Crippen LogP contribution in [0, 0.1) is 5.82 Å². The Labute approximate surface area is 71.5 Å². The Morgan fingerprint density at radius 2 is 2.25 bits per heavy atom. The van der Waals surface area contributed by atoms with E-state index in [4.69, 9.17) is 4.55 Å². The third kappa shape index (κ3) is 1.62. The summed E-state index contributed by atoms with van der Waals surface area (Å²) in [6.07, 6.45) is 0. The second kappa shape index (κ2) is 3.64. The van der Waals surface area contributed by atoms with Crippen molar-refractivity contribution >= 4 is 11.1 Å². The summed E-state index contributed by atoms with van der Waals surface area (Å²) in [5.74, 6) is -0.823. The van der Waals surface area contributed by atoms with Gasteiger partial charge >= 0.3 is 0 Å². The molecule has 0 aliphatic carbocycles. The molecule has 0 saturated heterocycles. The highest BCUT2D eigenvalue weighted by Crippen LogP contribution is 2.24. The van der Waals surface area contributed by atoms with Gasteiger partial charge in [-0.15, -0.1) is 0 Å². The van der Waals surface area contributed by atoms with Crippen LogP contribution in [0.4, 0.5) is 4.39 Å². The van der Waals surface area contributed by atoms with Crippen LogP contribution in [0.2, 0.25) is 0 Å². The topological polar surface area (TPSA) is 46.5 Å². The van der Waals surface area contributed by atoms with E-state index >= 15 is 0 Å². The minimum atomic E-state index is -2.22. The standard InChI is InChI=1S/C7H7FO3S/c1-11-7-5(8)3-2-4-6(7)12(9)10/h2-4H,1H3,(H,9,10). The van der Waals surface area contributed by atoms with Gasteiger partial charge in [-0.3, -0.25) is 0 Å². The van der Waals surface area contributed by atoms with Crippen LogP contribution in [0.5, 0.6) is 5.75 Å². The predicted molar refractivity (Wildman–Crippen MR) is 42.0 cm³/mol. The fourth-order valence-corrected chi connectivity index (χ4v) is 1.36. The van der Waals surface area contributed by atoms with Crippen LogP contribution in [0.25, 0.3) is 0 Å². The molecule has 1 unspecified atom stereocenters. The number of hydrogen-bond donors (Lipinski definition) is 1. The zero-order chi connectivity index (χ0) is 9.14. The fraction of sp³-hybridized carbons (Fsp3) is 0.143. The number of para-hydroxylation sites is 1.